The Labute approximate surface area is 78.2 Å². The molecule has 0 aromatic heterocycles. The Balaban J connectivity index is 2.45. The fourth-order valence-electron chi connectivity index (χ4n) is 1.88. The molecule has 1 aliphatic heterocycles. The molecule has 0 spiro atoms. The molecule has 0 fully saturated rings. The van der Waals surface area contributed by atoms with E-state index in [9.17, 15) is 4.79 Å². The summed E-state index contributed by atoms with van der Waals surface area (Å²) < 4.78 is 0. The van der Waals surface area contributed by atoms with Crippen LogP contribution in [0.4, 0.5) is 5.69 Å². The van der Waals surface area contributed by atoms with E-state index in [1.54, 1.807) is 0 Å². The first-order chi connectivity index (χ1) is 6.33. The Hall–Kier alpha value is -1.31. The molecule has 1 atom stereocenters. The van der Waals surface area contributed by atoms with Crippen molar-refractivity contribution in [3.8, 4) is 0 Å². The lowest BCUT2D eigenvalue weighted by molar-refractivity contribution is -0.107. The van der Waals surface area contributed by atoms with Gasteiger partial charge in [0.05, 0.1) is 0 Å². The average Bonchev–Trinajstić information content (AvgIpc) is 2.18. The van der Waals surface area contributed by atoms with Crippen LogP contribution in [0.5, 0.6) is 0 Å². The van der Waals surface area contributed by atoms with Crippen LogP contribution in [-0.4, -0.2) is 12.5 Å². The molecule has 0 radical (unpaired) electrons. The van der Waals surface area contributed by atoms with Gasteiger partial charge in [0, 0.05) is 11.7 Å². The maximum Gasteiger partial charge on any atom is 0.214 e. The van der Waals surface area contributed by atoms with Crippen LogP contribution in [0.1, 0.15) is 18.9 Å². The summed E-state index contributed by atoms with van der Waals surface area (Å²) in [5.74, 6) is 0. The highest BCUT2D eigenvalue weighted by Crippen LogP contribution is 2.28. The molecule has 1 amide bonds. The SMILES string of the molecule is CC1CCc2ccccc2N1C=O. The van der Waals surface area contributed by atoms with Crippen LogP contribution in [-0.2, 0) is 11.2 Å². The highest BCUT2D eigenvalue weighted by Gasteiger charge is 2.21. The van der Waals surface area contributed by atoms with Gasteiger partial charge in [0.15, 0.2) is 0 Å². The summed E-state index contributed by atoms with van der Waals surface area (Å²) in [5, 5.41) is 0. The van der Waals surface area contributed by atoms with Crippen LogP contribution in [0.3, 0.4) is 0 Å². The van der Waals surface area contributed by atoms with E-state index in [1.165, 1.54) is 5.56 Å². The summed E-state index contributed by atoms with van der Waals surface area (Å²) in [5.41, 5.74) is 2.36. The fourth-order valence-corrected chi connectivity index (χ4v) is 1.88. The van der Waals surface area contributed by atoms with Crippen molar-refractivity contribution in [2.75, 3.05) is 4.90 Å². The Morgan fingerprint density at radius 2 is 2.23 bits per heavy atom. The second kappa shape index (κ2) is 3.21. The van der Waals surface area contributed by atoms with E-state index in [2.05, 4.69) is 13.0 Å². The lowest BCUT2D eigenvalue weighted by Crippen LogP contribution is -2.35. The number of rotatable bonds is 1. The van der Waals surface area contributed by atoms with Gasteiger partial charge >= 0.3 is 0 Å². The largest absolute Gasteiger partial charge is 0.312 e. The van der Waals surface area contributed by atoms with E-state index in [0.29, 0.717) is 6.04 Å². The first-order valence-corrected chi connectivity index (χ1v) is 4.64. The van der Waals surface area contributed by atoms with Crippen LogP contribution >= 0.6 is 0 Å². The van der Waals surface area contributed by atoms with Crippen LogP contribution in [0.15, 0.2) is 24.3 Å². The van der Waals surface area contributed by atoms with Crippen molar-refractivity contribution >= 4 is 12.1 Å². The van der Waals surface area contributed by atoms with Crippen LogP contribution in [0.2, 0.25) is 0 Å². The molecule has 0 N–H and O–H groups in total. The van der Waals surface area contributed by atoms with Crippen LogP contribution in [0, 0.1) is 0 Å². The van der Waals surface area contributed by atoms with Gasteiger partial charge in [0.2, 0.25) is 6.41 Å². The monoisotopic (exact) mass is 175 g/mol. The fraction of sp³-hybridized carbons (Fsp3) is 0.364. The molecule has 68 valence electrons. The number of benzene rings is 1. The first kappa shape index (κ1) is 8.30. The summed E-state index contributed by atoms with van der Waals surface area (Å²) in [7, 11) is 0. The zero-order valence-electron chi connectivity index (χ0n) is 7.73. The van der Waals surface area contributed by atoms with Crippen molar-refractivity contribution in [2.24, 2.45) is 0 Å². The number of nitrogens with zero attached hydrogens (tertiary/aromatic N) is 1. The smallest absolute Gasteiger partial charge is 0.214 e. The number of hydrogen-bond acceptors (Lipinski definition) is 1. The third-order valence-electron chi connectivity index (χ3n) is 2.69. The summed E-state index contributed by atoms with van der Waals surface area (Å²) in [6.07, 6.45) is 3.08. The first-order valence-electron chi connectivity index (χ1n) is 4.64. The summed E-state index contributed by atoms with van der Waals surface area (Å²) in [6.45, 7) is 2.09. The van der Waals surface area contributed by atoms with Gasteiger partial charge in [-0.05, 0) is 31.4 Å². The Morgan fingerprint density at radius 1 is 1.46 bits per heavy atom. The number of para-hydroxylation sites is 1. The van der Waals surface area contributed by atoms with Gasteiger partial charge in [-0.25, -0.2) is 0 Å². The van der Waals surface area contributed by atoms with Gasteiger partial charge in [-0.15, -0.1) is 0 Å². The van der Waals surface area contributed by atoms with Gasteiger partial charge in [-0.2, -0.15) is 0 Å². The minimum Gasteiger partial charge on any atom is -0.312 e. The molecule has 1 aromatic carbocycles. The topological polar surface area (TPSA) is 20.3 Å². The number of carbonyl (C=O) groups is 1. The highest BCUT2D eigenvalue weighted by atomic mass is 16.1. The Kier molecular flexibility index (Phi) is 2.05. The van der Waals surface area contributed by atoms with Crippen molar-refractivity contribution in [2.45, 2.75) is 25.8 Å². The molecule has 2 nitrogen and oxygen atoms in total. The van der Waals surface area contributed by atoms with Crippen LogP contribution < -0.4 is 4.90 Å². The lowest BCUT2D eigenvalue weighted by Gasteiger charge is -2.31. The van der Waals surface area contributed by atoms with Crippen molar-refractivity contribution in [3.05, 3.63) is 29.8 Å². The molecule has 2 rings (SSSR count). The molecule has 13 heavy (non-hydrogen) atoms. The standard InChI is InChI=1S/C11H13NO/c1-9-6-7-10-4-2-3-5-11(10)12(9)8-13/h2-5,8-9H,6-7H2,1H3. The third kappa shape index (κ3) is 1.32. The quantitative estimate of drug-likeness (QED) is 0.598. The number of aryl methyl sites for hydroxylation is 1. The van der Waals surface area contributed by atoms with E-state index >= 15 is 0 Å². The molecule has 0 saturated carbocycles. The zero-order valence-corrected chi connectivity index (χ0v) is 7.73. The number of carbonyl (C=O) groups excluding carboxylic acids is 1. The van der Waals surface area contributed by atoms with Crippen molar-refractivity contribution < 1.29 is 4.79 Å². The van der Waals surface area contributed by atoms with E-state index in [1.807, 2.05) is 23.1 Å². The molecule has 0 aliphatic carbocycles. The molecule has 2 heteroatoms. The molecular weight excluding hydrogens is 162 g/mol. The maximum absolute atomic E-state index is 10.9. The normalized spacial score (nSPS) is 21.0. The van der Waals surface area contributed by atoms with Crippen molar-refractivity contribution in [3.63, 3.8) is 0 Å². The van der Waals surface area contributed by atoms with E-state index in [-0.39, 0.29) is 0 Å². The predicted octanol–water partition coefficient (Wildman–Crippen LogP) is 1.98. The molecular formula is C11H13NO. The second-order valence-electron chi connectivity index (χ2n) is 3.53. The summed E-state index contributed by atoms with van der Waals surface area (Å²) in [6, 6.07) is 8.45. The second-order valence-corrected chi connectivity index (χ2v) is 3.53. The number of anilines is 1. The van der Waals surface area contributed by atoms with Gasteiger partial charge in [-0.1, -0.05) is 18.2 Å². The number of amides is 1. The van der Waals surface area contributed by atoms with Crippen molar-refractivity contribution in [1.29, 1.82) is 0 Å². The molecule has 1 aliphatic rings. The van der Waals surface area contributed by atoms with E-state index in [4.69, 9.17) is 0 Å². The predicted molar refractivity (Wildman–Crippen MR) is 52.8 cm³/mol. The van der Waals surface area contributed by atoms with E-state index < -0.39 is 0 Å². The van der Waals surface area contributed by atoms with Gasteiger partial charge in [-0.3, -0.25) is 4.79 Å². The molecule has 1 unspecified atom stereocenters. The van der Waals surface area contributed by atoms with Crippen LogP contribution in [0.25, 0.3) is 0 Å². The van der Waals surface area contributed by atoms with Gasteiger partial charge in [0.1, 0.15) is 0 Å². The summed E-state index contributed by atoms with van der Waals surface area (Å²) in [4.78, 5) is 12.7. The highest BCUT2D eigenvalue weighted by molar-refractivity contribution is 5.78. The molecule has 1 heterocycles. The minimum absolute atomic E-state index is 0.340. The third-order valence-corrected chi connectivity index (χ3v) is 2.69. The molecule has 1 aromatic rings. The van der Waals surface area contributed by atoms with E-state index in [0.717, 1.165) is 24.9 Å². The molecule has 0 saturated heterocycles. The maximum atomic E-state index is 10.9. The Morgan fingerprint density at radius 3 is 3.00 bits per heavy atom. The van der Waals surface area contributed by atoms with Gasteiger partial charge < -0.3 is 4.90 Å². The molecule has 0 bridgehead atoms. The number of hydrogen-bond donors (Lipinski definition) is 0. The Bertz CT molecular complexity index is 322. The van der Waals surface area contributed by atoms with Gasteiger partial charge in [0.25, 0.3) is 0 Å². The lowest BCUT2D eigenvalue weighted by atomic mass is 9.97. The average molecular weight is 175 g/mol. The number of fused-ring (bicyclic) bond motifs is 1. The van der Waals surface area contributed by atoms with Crippen molar-refractivity contribution in [1.82, 2.24) is 0 Å². The summed E-state index contributed by atoms with van der Waals surface area (Å²) >= 11 is 0. The zero-order chi connectivity index (χ0) is 9.26. The minimum atomic E-state index is 0.340.